The van der Waals surface area contributed by atoms with Gasteiger partial charge in [-0.1, -0.05) is 60.1 Å². The van der Waals surface area contributed by atoms with E-state index >= 15 is 0 Å². The van der Waals surface area contributed by atoms with E-state index in [1.165, 1.54) is 5.57 Å². The maximum atomic E-state index is 13.0. The zero-order chi connectivity index (χ0) is 38.7. The summed E-state index contributed by atoms with van der Waals surface area (Å²) in [6.45, 7) is 15.7. The number of carbonyl (C=O) groups is 1. The molecule has 2 heterocycles. The second-order valence-electron chi connectivity index (χ2n) is 20.2. The van der Waals surface area contributed by atoms with Crippen molar-refractivity contribution in [3.05, 3.63) is 11.6 Å². The van der Waals surface area contributed by atoms with Crippen LogP contribution in [0, 0.1) is 50.2 Å². The summed E-state index contributed by atoms with van der Waals surface area (Å²) < 4.78 is 23.7. The number of allylic oxidation sites excluding steroid dienone is 2. The zero-order valence-electron chi connectivity index (χ0n) is 32.7. The molecule has 2 aliphatic heterocycles. The standard InChI is InChI=1S/C41H66O12/c1-36(2)14-16-41(35(48)49)17-15-39(6)21(22(41)18-36)8-9-26-38(5)12-11-27(37(3,4)25(38)10-13-40(26,39)7)53-34-32(47)30(45)29(44)24(52-34)20-50-33-31(46)28(43)23(19-42)51-33/h8,22-34,42-47H,9-20H2,1-7H3,(H,48,49)/t22-,23?,24?,25-,26+,27-,28?,29?,30?,31?,32?,33?,34?,38-,39+,40+,41-/m0/s1. The third-order valence-electron chi connectivity index (χ3n) is 16.9. The molecule has 17 atom stereocenters. The van der Waals surface area contributed by atoms with Crippen molar-refractivity contribution in [2.24, 2.45) is 50.2 Å². The number of carboxylic acids is 1. The SMILES string of the molecule is CC1(C)CC[C@]2(C(=O)O)CC[C@]3(C)C(=CC[C@@H]4[C@@]5(C)CC[C@H](OC6OC(COC7OC(CO)C(O)C7O)C(O)C(O)C6O)C(C)(C)[C@@H]5CC[C@]43C)[C@@H]2C1. The molecular formula is C41H66O12. The van der Waals surface area contributed by atoms with Gasteiger partial charge in [0.25, 0.3) is 0 Å². The van der Waals surface area contributed by atoms with E-state index in [-0.39, 0.29) is 45.7 Å². The summed E-state index contributed by atoms with van der Waals surface area (Å²) in [5.74, 6) is 0.150. The highest BCUT2D eigenvalue weighted by molar-refractivity contribution is 5.76. The molecule has 12 nitrogen and oxygen atoms in total. The highest BCUT2D eigenvalue weighted by atomic mass is 16.7. The molecular weight excluding hydrogens is 684 g/mol. The van der Waals surface area contributed by atoms with E-state index in [1.807, 2.05) is 0 Å². The number of rotatable bonds is 7. The quantitative estimate of drug-likeness (QED) is 0.148. The first-order chi connectivity index (χ1) is 24.7. The molecule has 0 amide bonds. The van der Waals surface area contributed by atoms with Crippen LogP contribution in [0.15, 0.2) is 11.6 Å². The molecule has 5 aliphatic carbocycles. The Balaban J connectivity index is 1.09. The Labute approximate surface area is 314 Å². The summed E-state index contributed by atoms with van der Waals surface area (Å²) in [4.78, 5) is 13.0. The van der Waals surface area contributed by atoms with Gasteiger partial charge in [-0.2, -0.15) is 0 Å². The van der Waals surface area contributed by atoms with Crippen LogP contribution in [-0.2, 0) is 23.7 Å². The van der Waals surface area contributed by atoms with Crippen molar-refractivity contribution in [2.45, 2.75) is 174 Å². The molecule has 2 saturated heterocycles. The van der Waals surface area contributed by atoms with Gasteiger partial charge in [0.05, 0.1) is 24.7 Å². The Bertz CT molecular complexity index is 1430. The smallest absolute Gasteiger partial charge is 0.310 e. The first kappa shape index (κ1) is 40.0. The van der Waals surface area contributed by atoms with E-state index in [4.69, 9.17) is 18.9 Å². The fraction of sp³-hybridized carbons (Fsp3) is 0.927. The van der Waals surface area contributed by atoms with Crippen LogP contribution in [0.3, 0.4) is 0 Å². The fourth-order valence-electron chi connectivity index (χ4n) is 13.4. The van der Waals surface area contributed by atoms with Gasteiger partial charge in [-0.25, -0.2) is 0 Å². The average molecular weight is 751 g/mol. The maximum absolute atomic E-state index is 13.0. The molecule has 7 N–H and O–H groups in total. The van der Waals surface area contributed by atoms with Crippen molar-refractivity contribution in [1.29, 1.82) is 0 Å². The maximum Gasteiger partial charge on any atom is 0.310 e. The first-order valence-corrected chi connectivity index (χ1v) is 20.2. The second-order valence-corrected chi connectivity index (χ2v) is 20.2. The Kier molecular flexibility index (Phi) is 10.2. The number of hydrogen-bond acceptors (Lipinski definition) is 11. The predicted molar refractivity (Wildman–Crippen MR) is 192 cm³/mol. The van der Waals surface area contributed by atoms with Gasteiger partial charge < -0.3 is 54.7 Å². The number of ether oxygens (including phenoxy) is 4. The normalized spacial score (nSPS) is 53.1. The van der Waals surface area contributed by atoms with Gasteiger partial charge in [0.1, 0.15) is 42.7 Å². The number of hydrogen-bond donors (Lipinski definition) is 7. The van der Waals surface area contributed by atoms with Crippen molar-refractivity contribution in [2.75, 3.05) is 13.2 Å². The van der Waals surface area contributed by atoms with Crippen LogP contribution in [0.2, 0.25) is 0 Å². The number of aliphatic hydroxyl groups is 6. The minimum Gasteiger partial charge on any atom is -0.481 e. The Morgan fingerprint density at radius 3 is 2.08 bits per heavy atom. The average Bonchev–Trinajstić information content (AvgIpc) is 3.37. The van der Waals surface area contributed by atoms with Crippen molar-refractivity contribution >= 4 is 5.97 Å². The van der Waals surface area contributed by atoms with Gasteiger partial charge in [0.15, 0.2) is 12.6 Å². The summed E-state index contributed by atoms with van der Waals surface area (Å²) in [6.07, 6.45) is -1.01. The molecule has 0 aromatic heterocycles. The Morgan fingerprint density at radius 1 is 0.774 bits per heavy atom. The number of aliphatic carboxylic acids is 1. The van der Waals surface area contributed by atoms with Crippen LogP contribution < -0.4 is 0 Å². The first-order valence-electron chi connectivity index (χ1n) is 20.2. The van der Waals surface area contributed by atoms with Crippen LogP contribution in [0.4, 0.5) is 0 Å². The zero-order valence-corrected chi connectivity index (χ0v) is 32.7. The fourth-order valence-corrected chi connectivity index (χ4v) is 13.4. The van der Waals surface area contributed by atoms with Gasteiger partial charge in [0, 0.05) is 0 Å². The monoisotopic (exact) mass is 750 g/mol. The summed E-state index contributed by atoms with van der Waals surface area (Å²) >= 11 is 0. The third-order valence-corrected chi connectivity index (χ3v) is 16.9. The molecule has 0 aromatic rings. The largest absolute Gasteiger partial charge is 0.481 e. The molecule has 0 aromatic carbocycles. The van der Waals surface area contributed by atoms with E-state index in [2.05, 4.69) is 54.5 Å². The van der Waals surface area contributed by atoms with E-state index in [1.54, 1.807) is 0 Å². The topological polar surface area (TPSA) is 196 Å². The molecule has 7 rings (SSSR count). The van der Waals surface area contributed by atoms with Crippen molar-refractivity contribution < 1.29 is 59.5 Å². The molecule has 7 aliphatic rings. The molecule has 0 bridgehead atoms. The van der Waals surface area contributed by atoms with Crippen LogP contribution >= 0.6 is 0 Å². The lowest BCUT2D eigenvalue weighted by Crippen LogP contribution is -2.66. The van der Waals surface area contributed by atoms with E-state index in [9.17, 15) is 40.5 Å². The van der Waals surface area contributed by atoms with Crippen molar-refractivity contribution in [3.63, 3.8) is 0 Å². The van der Waals surface area contributed by atoms with Gasteiger partial charge in [0.2, 0.25) is 0 Å². The van der Waals surface area contributed by atoms with E-state index in [0.29, 0.717) is 18.3 Å². The van der Waals surface area contributed by atoms with Crippen molar-refractivity contribution in [3.8, 4) is 0 Å². The lowest BCUT2D eigenvalue weighted by Gasteiger charge is -2.71. The summed E-state index contributed by atoms with van der Waals surface area (Å²) in [5.41, 5.74) is 0.458. The summed E-state index contributed by atoms with van der Waals surface area (Å²) in [6, 6.07) is 0. The van der Waals surface area contributed by atoms with E-state index < -0.39 is 73.3 Å². The molecule has 12 heteroatoms. The molecule has 302 valence electrons. The lowest BCUT2D eigenvalue weighted by molar-refractivity contribution is -0.335. The van der Waals surface area contributed by atoms with Crippen LogP contribution in [0.25, 0.3) is 0 Å². The third kappa shape index (κ3) is 5.94. The molecule has 0 spiro atoms. The molecule has 4 saturated carbocycles. The molecule has 9 unspecified atom stereocenters. The van der Waals surface area contributed by atoms with Crippen molar-refractivity contribution in [1.82, 2.24) is 0 Å². The van der Waals surface area contributed by atoms with Gasteiger partial charge in [-0.15, -0.1) is 0 Å². The van der Waals surface area contributed by atoms with Gasteiger partial charge in [-0.3, -0.25) is 4.79 Å². The van der Waals surface area contributed by atoms with Crippen LogP contribution in [-0.4, -0.2) is 116 Å². The van der Waals surface area contributed by atoms with Gasteiger partial charge >= 0.3 is 5.97 Å². The number of carboxylic acid groups (broad SMARTS) is 1. The Hall–Kier alpha value is -1.19. The highest BCUT2D eigenvalue weighted by Crippen LogP contribution is 2.76. The molecule has 0 radical (unpaired) electrons. The number of fused-ring (bicyclic) bond motifs is 7. The second kappa shape index (κ2) is 13.5. The van der Waals surface area contributed by atoms with E-state index in [0.717, 1.165) is 57.8 Å². The summed E-state index contributed by atoms with van der Waals surface area (Å²) in [5, 5.41) is 73.2. The number of aliphatic hydroxyl groups excluding tert-OH is 6. The highest BCUT2D eigenvalue weighted by Gasteiger charge is 2.69. The predicted octanol–water partition coefficient (Wildman–Crippen LogP) is 3.52. The minimum atomic E-state index is -1.58. The minimum absolute atomic E-state index is 0.00813. The van der Waals surface area contributed by atoms with Gasteiger partial charge in [-0.05, 0) is 109 Å². The van der Waals surface area contributed by atoms with Crippen LogP contribution in [0.5, 0.6) is 0 Å². The summed E-state index contributed by atoms with van der Waals surface area (Å²) in [7, 11) is 0. The molecule has 6 fully saturated rings. The molecule has 53 heavy (non-hydrogen) atoms. The van der Waals surface area contributed by atoms with Crippen LogP contribution in [0.1, 0.15) is 113 Å². The Morgan fingerprint density at radius 2 is 1.42 bits per heavy atom. The lowest BCUT2D eigenvalue weighted by atomic mass is 9.33.